The van der Waals surface area contributed by atoms with Crippen LogP contribution in [0.4, 0.5) is 0 Å². The summed E-state index contributed by atoms with van der Waals surface area (Å²) in [6.07, 6.45) is 2.35. The fraction of sp³-hybridized carbons (Fsp3) is 0.500. The summed E-state index contributed by atoms with van der Waals surface area (Å²) >= 11 is 0. The van der Waals surface area contributed by atoms with Crippen LogP contribution < -0.4 is 4.74 Å². The summed E-state index contributed by atoms with van der Waals surface area (Å²) in [6.45, 7) is 9.90. The minimum atomic E-state index is -0.733. The smallest absolute Gasteiger partial charge is 0.315 e. The van der Waals surface area contributed by atoms with Gasteiger partial charge in [0.25, 0.3) is 0 Å². The summed E-state index contributed by atoms with van der Waals surface area (Å²) in [4.78, 5) is 10.7. The maximum atomic E-state index is 10.7. The van der Waals surface area contributed by atoms with E-state index in [1.54, 1.807) is 13.2 Å². The molecule has 1 rings (SSSR count). The zero-order valence-electron chi connectivity index (χ0n) is 14.3. The highest BCUT2D eigenvalue weighted by Gasteiger charge is 2.22. The largest absolute Gasteiger partial charge is 0.441 e. The van der Waals surface area contributed by atoms with Crippen LogP contribution >= 0.6 is 0 Å². The first-order chi connectivity index (χ1) is 10.3. The zero-order chi connectivity index (χ0) is 16.8. The maximum absolute atomic E-state index is 10.7. The van der Waals surface area contributed by atoms with Crippen molar-refractivity contribution in [2.75, 3.05) is 13.7 Å². The van der Waals surface area contributed by atoms with Crippen LogP contribution in [0.3, 0.4) is 0 Å². The van der Waals surface area contributed by atoms with Crippen molar-refractivity contribution in [2.45, 2.75) is 46.5 Å². The predicted molar refractivity (Wildman–Crippen MR) is 87.9 cm³/mol. The molecular weight excluding hydrogens is 280 g/mol. The van der Waals surface area contributed by atoms with E-state index in [1.165, 1.54) is 0 Å². The average molecular weight is 306 g/mol. The molecule has 0 radical (unpaired) electrons. The number of methoxy groups -OCH3 is 1. The third-order valence-corrected chi connectivity index (χ3v) is 3.28. The summed E-state index contributed by atoms with van der Waals surface area (Å²) in [5, 5.41) is 0. The molecule has 0 heterocycles. The second-order valence-electron chi connectivity index (χ2n) is 6.04. The van der Waals surface area contributed by atoms with Gasteiger partial charge in [0.2, 0.25) is 0 Å². The number of carbonyl (C=O) groups is 1. The molecule has 4 heteroatoms. The summed E-state index contributed by atoms with van der Waals surface area (Å²) in [6, 6.07) is 5.87. The van der Waals surface area contributed by atoms with Gasteiger partial charge in [-0.05, 0) is 48.6 Å². The van der Waals surface area contributed by atoms with Crippen LogP contribution in [0.1, 0.15) is 45.7 Å². The first kappa shape index (κ1) is 18.4. The van der Waals surface area contributed by atoms with Gasteiger partial charge in [0, 0.05) is 12.7 Å². The second kappa shape index (κ2) is 8.11. The van der Waals surface area contributed by atoms with E-state index < -0.39 is 6.48 Å². The molecule has 22 heavy (non-hydrogen) atoms. The first-order valence-corrected chi connectivity index (χ1v) is 7.41. The van der Waals surface area contributed by atoms with Crippen LogP contribution in [0.25, 0.3) is 5.57 Å². The van der Waals surface area contributed by atoms with Gasteiger partial charge in [0.1, 0.15) is 12.0 Å². The van der Waals surface area contributed by atoms with Crippen molar-refractivity contribution in [3.8, 4) is 5.75 Å². The van der Waals surface area contributed by atoms with Crippen LogP contribution in [0.15, 0.2) is 24.3 Å². The average Bonchev–Trinajstić information content (AvgIpc) is 2.46. The van der Waals surface area contributed by atoms with Gasteiger partial charge in [0.05, 0.1) is 6.61 Å². The Labute approximate surface area is 133 Å². The Balaban J connectivity index is 3.22. The summed E-state index contributed by atoms with van der Waals surface area (Å²) in [5.41, 5.74) is 2.83. The summed E-state index contributed by atoms with van der Waals surface area (Å²) < 4.78 is 16.4. The zero-order valence-corrected chi connectivity index (χ0v) is 14.3. The van der Waals surface area contributed by atoms with Crippen LogP contribution in [0.2, 0.25) is 0 Å². The van der Waals surface area contributed by atoms with Crippen molar-refractivity contribution in [1.29, 1.82) is 0 Å². The molecule has 1 atom stereocenters. The molecule has 0 aliphatic rings. The van der Waals surface area contributed by atoms with E-state index in [9.17, 15) is 4.79 Å². The monoisotopic (exact) mass is 306 g/mol. The highest BCUT2D eigenvalue weighted by Crippen LogP contribution is 2.34. The lowest BCUT2D eigenvalue weighted by molar-refractivity contribution is -0.231. The number of hydrogen-bond acceptors (Lipinski definition) is 4. The number of rotatable bonds is 7. The molecule has 122 valence electrons. The Morgan fingerprint density at radius 2 is 2.00 bits per heavy atom. The SMILES string of the molecule is CCOC(OC)Oc1ccc(/C(C)=C\C=O)cc1C(C)(C)C. The highest BCUT2D eigenvalue weighted by molar-refractivity contribution is 5.81. The van der Waals surface area contributed by atoms with Gasteiger partial charge in [0.15, 0.2) is 0 Å². The molecular formula is C18H26O4. The number of ether oxygens (including phenoxy) is 3. The third kappa shape index (κ3) is 4.97. The van der Waals surface area contributed by atoms with Crippen LogP contribution in [0.5, 0.6) is 5.75 Å². The molecule has 0 aliphatic heterocycles. The molecule has 1 aromatic rings. The van der Waals surface area contributed by atoms with E-state index in [1.807, 2.05) is 32.0 Å². The van der Waals surface area contributed by atoms with Gasteiger partial charge < -0.3 is 14.2 Å². The van der Waals surface area contributed by atoms with E-state index in [2.05, 4.69) is 20.8 Å². The fourth-order valence-corrected chi connectivity index (χ4v) is 2.05. The van der Waals surface area contributed by atoms with Crippen LogP contribution in [-0.2, 0) is 19.7 Å². The first-order valence-electron chi connectivity index (χ1n) is 7.41. The van der Waals surface area contributed by atoms with E-state index in [-0.39, 0.29) is 5.41 Å². The summed E-state index contributed by atoms with van der Waals surface area (Å²) in [5.74, 6) is 0.718. The minimum Gasteiger partial charge on any atom is -0.441 e. The Morgan fingerprint density at radius 3 is 2.50 bits per heavy atom. The molecule has 4 nitrogen and oxygen atoms in total. The normalized spacial score (nSPS) is 13.8. The molecule has 0 saturated heterocycles. The van der Waals surface area contributed by atoms with Crippen molar-refractivity contribution in [1.82, 2.24) is 0 Å². The van der Waals surface area contributed by atoms with Gasteiger partial charge in [-0.1, -0.05) is 26.8 Å². The standard InChI is InChI=1S/C18H26O4/c1-7-21-17(20-6)22-16-9-8-14(13(2)10-11-19)12-15(16)18(3,4)5/h8-12,17H,7H2,1-6H3/b13-10-. The lowest BCUT2D eigenvalue weighted by Crippen LogP contribution is -2.24. The lowest BCUT2D eigenvalue weighted by Gasteiger charge is -2.26. The molecule has 0 fully saturated rings. The maximum Gasteiger partial charge on any atom is 0.315 e. The number of hydrogen-bond donors (Lipinski definition) is 0. The molecule has 0 spiro atoms. The van der Waals surface area contributed by atoms with Gasteiger partial charge in [-0.15, -0.1) is 0 Å². The van der Waals surface area contributed by atoms with E-state index in [0.29, 0.717) is 6.61 Å². The highest BCUT2D eigenvalue weighted by atomic mass is 16.8. The molecule has 0 bridgehead atoms. The van der Waals surface area contributed by atoms with E-state index in [4.69, 9.17) is 14.2 Å². The second-order valence-corrected chi connectivity index (χ2v) is 6.04. The van der Waals surface area contributed by atoms with Gasteiger partial charge in [-0.3, -0.25) is 4.79 Å². The van der Waals surface area contributed by atoms with Crippen molar-refractivity contribution in [3.63, 3.8) is 0 Å². The van der Waals surface area contributed by atoms with Crippen molar-refractivity contribution >= 4 is 11.9 Å². The van der Waals surface area contributed by atoms with Crippen LogP contribution in [-0.4, -0.2) is 26.5 Å². The van der Waals surface area contributed by atoms with Gasteiger partial charge in [-0.25, -0.2) is 0 Å². The Morgan fingerprint density at radius 1 is 1.32 bits per heavy atom. The van der Waals surface area contributed by atoms with Gasteiger partial charge >= 0.3 is 6.48 Å². The third-order valence-electron chi connectivity index (χ3n) is 3.28. The molecule has 0 N–H and O–H groups in total. The number of aldehydes is 1. The summed E-state index contributed by atoms with van der Waals surface area (Å²) in [7, 11) is 1.54. The molecule has 1 aromatic carbocycles. The van der Waals surface area contributed by atoms with E-state index in [0.717, 1.165) is 28.7 Å². The number of allylic oxidation sites excluding steroid dienone is 2. The molecule has 0 saturated carbocycles. The molecule has 0 amide bonds. The topological polar surface area (TPSA) is 44.8 Å². The molecule has 1 unspecified atom stereocenters. The Bertz CT molecular complexity index is 526. The van der Waals surface area contributed by atoms with Crippen LogP contribution in [0, 0.1) is 0 Å². The van der Waals surface area contributed by atoms with Gasteiger partial charge in [-0.2, -0.15) is 0 Å². The quantitative estimate of drug-likeness (QED) is 0.435. The van der Waals surface area contributed by atoms with Crippen molar-refractivity contribution < 1.29 is 19.0 Å². The number of carbonyl (C=O) groups excluding carboxylic acids is 1. The van der Waals surface area contributed by atoms with E-state index >= 15 is 0 Å². The minimum absolute atomic E-state index is 0.114. The Hall–Kier alpha value is -1.65. The molecule has 0 aromatic heterocycles. The fourth-order valence-electron chi connectivity index (χ4n) is 2.05. The Kier molecular flexibility index (Phi) is 6.78. The van der Waals surface area contributed by atoms with Crippen molar-refractivity contribution in [2.24, 2.45) is 0 Å². The molecule has 0 aliphatic carbocycles. The van der Waals surface area contributed by atoms with Crippen molar-refractivity contribution in [3.05, 3.63) is 35.4 Å². The number of benzene rings is 1. The predicted octanol–water partition coefficient (Wildman–Crippen LogP) is 3.93. The lowest BCUT2D eigenvalue weighted by atomic mass is 9.84.